The summed E-state index contributed by atoms with van der Waals surface area (Å²) in [7, 11) is 0. The van der Waals surface area contributed by atoms with E-state index in [2.05, 4.69) is 21.3 Å². The number of aromatic hydroxyl groups is 2. The molecule has 3 heterocycles. The number of nitrogens with one attached hydrogen (secondary N) is 1. The van der Waals surface area contributed by atoms with Gasteiger partial charge >= 0.3 is 0 Å². The third-order valence-corrected chi connectivity index (χ3v) is 5.45. The summed E-state index contributed by atoms with van der Waals surface area (Å²) in [5, 5.41) is 24.4. The Kier molecular flexibility index (Phi) is 4.06. The number of phenolic OH excluding ortho intramolecular Hbond substituents is 2. The molecule has 3 N–H and O–H groups in total. The lowest BCUT2D eigenvalue weighted by atomic mass is 9.99. The van der Waals surface area contributed by atoms with Crippen LogP contribution in [0.4, 0.5) is 11.4 Å². The molecule has 0 radical (unpaired) electrons. The number of ether oxygens (including phenoxy) is 1. The third-order valence-electron chi connectivity index (χ3n) is 5.45. The van der Waals surface area contributed by atoms with Gasteiger partial charge in [0.25, 0.3) is 0 Å². The number of anilines is 2. The molecule has 28 heavy (non-hydrogen) atoms. The number of piperidine rings is 1. The Hall–Kier alpha value is -3.25. The van der Waals surface area contributed by atoms with Crippen molar-refractivity contribution in [2.75, 3.05) is 18.0 Å². The van der Waals surface area contributed by atoms with Crippen LogP contribution in [0.25, 0.3) is 11.1 Å². The van der Waals surface area contributed by atoms with Crippen LogP contribution >= 0.6 is 0 Å². The maximum absolute atomic E-state index is 10.6. The molecule has 142 valence electrons. The Morgan fingerprint density at radius 2 is 1.68 bits per heavy atom. The minimum absolute atomic E-state index is 0.0201. The number of pyridine rings is 1. The molecule has 0 spiro atoms. The molecule has 0 atom stereocenters. The number of hydrogen-bond acceptors (Lipinski definition) is 6. The van der Waals surface area contributed by atoms with Crippen LogP contribution in [0.15, 0.2) is 54.9 Å². The number of fused-ring (bicyclic) bond motifs is 2. The van der Waals surface area contributed by atoms with Crippen LogP contribution in [0.1, 0.15) is 12.8 Å². The van der Waals surface area contributed by atoms with Crippen molar-refractivity contribution in [1.29, 1.82) is 0 Å². The van der Waals surface area contributed by atoms with E-state index in [0.717, 1.165) is 42.7 Å². The second-order valence-corrected chi connectivity index (χ2v) is 7.15. The maximum Gasteiger partial charge on any atom is 0.196 e. The zero-order valence-corrected chi connectivity index (χ0v) is 15.3. The second-order valence-electron chi connectivity index (χ2n) is 7.15. The van der Waals surface area contributed by atoms with Crippen molar-refractivity contribution in [3.8, 4) is 34.1 Å². The van der Waals surface area contributed by atoms with E-state index < -0.39 is 0 Å². The third kappa shape index (κ3) is 2.73. The highest BCUT2D eigenvalue weighted by molar-refractivity contribution is 5.86. The minimum Gasteiger partial charge on any atom is -0.506 e. The first-order chi connectivity index (χ1) is 13.7. The van der Waals surface area contributed by atoms with Crippen LogP contribution in [0, 0.1) is 0 Å². The van der Waals surface area contributed by atoms with Crippen molar-refractivity contribution in [2.45, 2.75) is 18.9 Å². The second kappa shape index (κ2) is 6.73. The largest absolute Gasteiger partial charge is 0.506 e. The topological polar surface area (TPSA) is 77.8 Å². The molecule has 0 unspecified atom stereocenters. The van der Waals surface area contributed by atoms with E-state index in [9.17, 15) is 10.2 Å². The number of phenols is 2. The Bertz CT molecular complexity index is 1020. The van der Waals surface area contributed by atoms with Crippen molar-refractivity contribution < 1.29 is 14.9 Å². The van der Waals surface area contributed by atoms with Crippen molar-refractivity contribution in [3.05, 3.63) is 54.9 Å². The summed E-state index contributed by atoms with van der Waals surface area (Å²) in [5.41, 5.74) is 3.49. The van der Waals surface area contributed by atoms with Crippen LogP contribution in [-0.2, 0) is 0 Å². The molecule has 5 rings (SSSR count). The summed E-state index contributed by atoms with van der Waals surface area (Å²) < 4.78 is 6.09. The molecule has 1 saturated heterocycles. The molecule has 2 aliphatic rings. The fourth-order valence-electron chi connectivity index (χ4n) is 4.08. The molecule has 1 aromatic heterocycles. The average molecular weight is 375 g/mol. The quantitative estimate of drug-likeness (QED) is 0.584. The predicted octanol–water partition coefficient (Wildman–Crippen LogP) is 4.16. The summed E-state index contributed by atoms with van der Waals surface area (Å²) in [6.07, 6.45) is 5.41. The zero-order chi connectivity index (χ0) is 19.1. The van der Waals surface area contributed by atoms with Gasteiger partial charge in [0.2, 0.25) is 0 Å². The summed E-state index contributed by atoms with van der Waals surface area (Å²) in [6.45, 7) is 1.84. The fraction of sp³-hybridized carbons (Fsp3) is 0.227. The van der Waals surface area contributed by atoms with Crippen LogP contribution in [-0.4, -0.2) is 34.3 Å². The van der Waals surface area contributed by atoms with Crippen LogP contribution in [0.3, 0.4) is 0 Å². The lowest BCUT2D eigenvalue weighted by Gasteiger charge is -2.40. The zero-order valence-electron chi connectivity index (χ0n) is 15.3. The molecule has 0 bridgehead atoms. The predicted molar refractivity (Wildman–Crippen MR) is 108 cm³/mol. The van der Waals surface area contributed by atoms with Gasteiger partial charge in [0, 0.05) is 18.4 Å². The first-order valence-corrected chi connectivity index (χ1v) is 9.49. The Labute approximate surface area is 163 Å². The van der Waals surface area contributed by atoms with Crippen LogP contribution in [0.5, 0.6) is 23.0 Å². The molecule has 1 fully saturated rings. The van der Waals surface area contributed by atoms with Gasteiger partial charge in [0.05, 0.1) is 5.69 Å². The number of rotatable bonds is 2. The lowest BCUT2D eigenvalue weighted by molar-refractivity contribution is 0.385. The number of benzene rings is 2. The normalized spacial score (nSPS) is 16.2. The van der Waals surface area contributed by atoms with Crippen LogP contribution in [0.2, 0.25) is 0 Å². The summed E-state index contributed by atoms with van der Waals surface area (Å²) in [5.74, 6) is 1.10. The number of nitrogens with zero attached hydrogens (tertiary/aromatic N) is 2. The highest BCUT2D eigenvalue weighted by Crippen LogP contribution is 2.56. The van der Waals surface area contributed by atoms with Gasteiger partial charge in [0.15, 0.2) is 17.2 Å². The average Bonchev–Trinajstić information content (AvgIpc) is 2.76. The van der Waals surface area contributed by atoms with Crippen molar-refractivity contribution in [3.63, 3.8) is 0 Å². The van der Waals surface area contributed by atoms with E-state index in [1.165, 1.54) is 12.1 Å². The van der Waals surface area contributed by atoms with E-state index in [4.69, 9.17) is 4.74 Å². The van der Waals surface area contributed by atoms with Gasteiger partial charge in [0.1, 0.15) is 11.4 Å². The van der Waals surface area contributed by atoms with Gasteiger partial charge in [-0.3, -0.25) is 4.98 Å². The molecule has 0 saturated carbocycles. The SMILES string of the molecule is Oc1ccc(O)c2c1Oc1cc(-c3ccncc3)ccc1N2C1CCNCC1. The monoisotopic (exact) mass is 375 g/mol. The van der Waals surface area contributed by atoms with Gasteiger partial charge < -0.3 is 25.2 Å². The van der Waals surface area contributed by atoms with E-state index in [-0.39, 0.29) is 17.5 Å². The highest BCUT2D eigenvalue weighted by Gasteiger charge is 2.34. The van der Waals surface area contributed by atoms with Crippen molar-refractivity contribution in [2.24, 2.45) is 0 Å². The molecule has 6 nitrogen and oxygen atoms in total. The van der Waals surface area contributed by atoms with E-state index in [0.29, 0.717) is 17.2 Å². The van der Waals surface area contributed by atoms with E-state index >= 15 is 0 Å². The van der Waals surface area contributed by atoms with Crippen LogP contribution < -0.4 is 15.0 Å². The molecule has 0 amide bonds. The number of aromatic nitrogens is 1. The summed E-state index contributed by atoms with van der Waals surface area (Å²) >= 11 is 0. The Balaban J connectivity index is 1.66. The molecule has 2 aromatic carbocycles. The molecule has 0 aliphatic carbocycles. The molecule has 6 heteroatoms. The molecule has 2 aliphatic heterocycles. The first kappa shape index (κ1) is 16.9. The fourth-order valence-corrected chi connectivity index (χ4v) is 4.08. The van der Waals surface area contributed by atoms with Gasteiger partial charge in [-0.25, -0.2) is 0 Å². The standard InChI is InChI=1S/C22H21N3O3/c26-18-3-4-19(27)22-21(18)25(16-7-11-24-12-8-16)17-2-1-15(13-20(17)28-22)14-5-9-23-10-6-14/h1-6,9-10,13,16,24,26-27H,7-8,11-12H2. The van der Waals surface area contributed by atoms with Crippen molar-refractivity contribution in [1.82, 2.24) is 10.3 Å². The van der Waals surface area contributed by atoms with E-state index in [1.54, 1.807) is 12.4 Å². The smallest absolute Gasteiger partial charge is 0.196 e. The van der Waals surface area contributed by atoms with Gasteiger partial charge in [-0.05, 0) is 73.5 Å². The molecule has 3 aromatic rings. The Morgan fingerprint density at radius 3 is 2.46 bits per heavy atom. The number of hydrogen-bond donors (Lipinski definition) is 3. The summed E-state index contributed by atoms with van der Waals surface area (Å²) in [4.78, 5) is 6.20. The van der Waals surface area contributed by atoms with Gasteiger partial charge in [-0.1, -0.05) is 6.07 Å². The van der Waals surface area contributed by atoms with Gasteiger partial charge in [-0.15, -0.1) is 0 Å². The molecular formula is C22H21N3O3. The Morgan fingerprint density at radius 1 is 0.929 bits per heavy atom. The van der Waals surface area contributed by atoms with Crippen molar-refractivity contribution >= 4 is 11.4 Å². The molecular weight excluding hydrogens is 354 g/mol. The van der Waals surface area contributed by atoms with Gasteiger partial charge in [-0.2, -0.15) is 0 Å². The lowest BCUT2D eigenvalue weighted by Crippen LogP contribution is -2.41. The highest BCUT2D eigenvalue weighted by atomic mass is 16.5. The van der Waals surface area contributed by atoms with E-state index in [1.807, 2.05) is 24.3 Å². The minimum atomic E-state index is 0.0201. The first-order valence-electron chi connectivity index (χ1n) is 9.49. The summed E-state index contributed by atoms with van der Waals surface area (Å²) in [6, 6.07) is 13.1. The maximum atomic E-state index is 10.6.